The summed E-state index contributed by atoms with van der Waals surface area (Å²) in [6, 6.07) is 0.357. The molecular weight excluding hydrogens is 266 g/mol. The predicted molar refractivity (Wildman–Crippen MR) is 73.8 cm³/mol. The quantitative estimate of drug-likeness (QED) is 0.755. The molecule has 3 rings (SSSR count). The van der Waals surface area contributed by atoms with Crippen LogP contribution >= 0.6 is 12.4 Å². The summed E-state index contributed by atoms with van der Waals surface area (Å²) in [6.07, 6.45) is 3.19. The van der Waals surface area contributed by atoms with Crippen molar-refractivity contribution >= 4 is 24.2 Å². The maximum Gasteiger partial charge on any atom is 0.229 e. The van der Waals surface area contributed by atoms with Gasteiger partial charge >= 0.3 is 0 Å². The summed E-state index contributed by atoms with van der Waals surface area (Å²) in [5, 5.41) is 0. The molecule has 0 spiro atoms. The van der Waals surface area contributed by atoms with E-state index in [9.17, 15) is 9.59 Å². The van der Waals surface area contributed by atoms with E-state index in [1.807, 2.05) is 0 Å². The second-order valence-electron chi connectivity index (χ2n) is 5.86. The predicted octanol–water partition coefficient (Wildman–Crippen LogP) is 0.226. The molecule has 2 aliphatic heterocycles. The fourth-order valence-corrected chi connectivity index (χ4v) is 3.70. The summed E-state index contributed by atoms with van der Waals surface area (Å²) in [7, 11) is 0. The van der Waals surface area contributed by atoms with E-state index < -0.39 is 0 Å². The summed E-state index contributed by atoms with van der Waals surface area (Å²) in [6.45, 7) is 3.51. The molecule has 2 saturated heterocycles. The Morgan fingerprint density at radius 2 is 1.74 bits per heavy atom. The molecule has 2 N–H and O–H groups in total. The van der Waals surface area contributed by atoms with Gasteiger partial charge in [0, 0.05) is 45.1 Å². The Bertz CT molecular complexity index is 361. The van der Waals surface area contributed by atoms with Crippen LogP contribution in [0.4, 0.5) is 0 Å². The Morgan fingerprint density at radius 3 is 2.37 bits per heavy atom. The molecule has 108 valence electrons. The average Bonchev–Trinajstić information content (AvgIpc) is 2.97. The largest absolute Gasteiger partial charge is 0.327 e. The number of likely N-dealkylation sites (tertiary alicyclic amines) is 2. The summed E-state index contributed by atoms with van der Waals surface area (Å²) < 4.78 is 0. The van der Waals surface area contributed by atoms with Crippen LogP contribution in [0.5, 0.6) is 0 Å². The molecule has 0 aromatic heterocycles. The highest BCUT2D eigenvalue weighted by Crippen LogP contribution is 2.36. The lowest BCUT2D eigenvalue weighted by molar-refractivity contribution is -0.138. The molecule has 2 heterocycles. The first-order chi connectivity index (χ1) is 8.65. The molecular formula is C13H22ClN3O2. The Balaban J connectivity index is 0.00000133. The van der Waals surface area contributed by atoms with Crippen LogP contribution in [0, 0.1) is 11.8 Å². The number of carbonyl (C=O) groups is 2. The number of imide groups is 1. The van der Waals surface area contributed by atoms with Crippen molar-refractivity contribution in [2.24, 2.45) is 17.6 Å². The van der Waals surface area contributed by atoms with Crippen molar-refractivity contribution in [1.82, 2.24) is 9.80 Å². The van der Waals surface area contributed by atoms with Crippen molar-refractivity contribution in [3.8, 4) is 0 Å². The van der Waals surface area contributed by atoms with E-state index >= 15 is 0 Å². The minimum atomic E-state index is -0.00362. The lowest BCUT2D eigenvalue weighted by atomic mass is 9.98. The zero-order valence-electron chi connectivity index (χ0n) is 11.1. The first-order valence-corrected chi connectivity index (χ1v) is 6.96. The minimum absolute atomic E-state index is 0. The van der Waals surface area contributed by atoms with Gasteiger partial charge in [-0.15, -0.1) is 12.4 Å². The zero-order chi connectivity index (χ0) is 12.7. The molecule has 3 fully saturated rings. The van der Waals surface area contributed by atoms with Gasteiger partial charge in [0.05, 0.1) is 0 Å². The van der Waals surface area contributed by atoms with Crippen LogP contribution in [0.1, 0.15) is 25.7 Å². The van der Waals surface area contributed by atoms with Gasteiger partial charge in [-0.3, -0.25) is 14.5 Å². The third-order valence-corrected chi connectivity index (χ3v) is 4.78. The van der Waals surface area contributed by atoms with Crippen LogP contribution in [-0.2, 0) is 9.59 Å². The molecule has 1 saturated carbocycles. The van der Waals surface area contributed by atoms with E-state index in [4.69, 9.17) is 5.73 Å². The lowest BCUT2D eigenvalue weighted by Crippen LogP contribution is -2.38. The summed E-state index contributed by atoms with van der Waals surface area (Å²) in [5.74, 6) is 1.37. The molecule has 3 atom stereocenters. The van der Waals surface area contributed by atoms with Gasteiger partial charge in [-0.1, -0.05) is 0 Å². The third kappa shape index (κ3) is 2.78. The van der Waals surface area contributed by atoms with Gasteiger partial charge in [0.15, 0.2) is 0 Å². The van der Waals surface area contributed by atoms with E-state index in [1.165, 1.54) is 11.3 Å². The number of halogens is 1. The number of amides is 2. The fraction of sp³-hybridized carbons (Fsp3) is 0.846. The van der Waals surface area contributed by atoms with Crippen molar-refractivity contribution in [2.45, 2.75) is 31.7 Å². The number of hydrogen-bond acceptors (Lipinski definition) is 4. The monoisotopic (exact) mass is 287 g/mol. The first kappa shape index (κ1) is 14.8. The van der Waals surface area contributed by atoms with Crippen LogP contribution in [-0.4, -0.2) is 53.8 Å². The maximum atomic E-state index is 11.5. The molecule has 5 nitrogen and oxygen atoms in total. The van der Waals surface area contributed by atoms with E-state index in [2.05, 4.69) is 4.90 Å². The number of rotatable bonds is 3. The first-order valence-electron chi connectivity index (χ1n) is 6.96. The smallest absolute Gasteiger partial charge is 0.229 e. The van der Waals surface area contributed by atoms with E-state index in [1.54, 1.807) is 0 Å². The molecule has 6 heteroatoms. The van der Waals surface area contributed by atoms with Crippen LogP contribution < -0.4 is 5.73 Å². The van der Waals surface area contributed by atoms with Gasteiger partial charge in [0.1, 0.15) is 0 Å². The molecule has 3 unspecified atom stereocenters. The van der Waals surface area contributed by atoms with Crippen molar-refractivity contribution < 1.29 is 9.59 Å². The van der Waals surface area contributed by atoms with Gasteiger partial charge in [0.25, 0.3) is 0 Å². The number of fused-ring (bicyclic) bond motifs is 1. The number of nitrogens with zero attached hydrogens (tertiary/aromatic N) is 2. The van der Waals surface area contributed by atoms with Crippen LogP contribution in [0.2, 0.25) is 0 Å². The number of hydrogen-bond donors (Lipinski definition) is 1. The highest BCUT2D eigenvalue weighted by molar-refractivity contribution is 6.01. The second-order valence-corrected chi connectivity index (χ2v) is 5.86. The van der Waals surface area contributed by atoms with E-state index in [-0.39, 0.29) is 24.2 Å². The molecule has 3 aliphatic rings. The molecule has 0 aromatic carbocycles. The third-order valence-electron chi connectivity index (χ3n) is 4.78. The summed E-state index contributed by atoms with van der Waals surface area (Å²) in [5.41, 5.74) is 6.10. The Morgan fingerprint density at radius 1 is 1.05 bits per heavy atom. The van der Waals surface area contributed by atoms with Crippen LogP contribution in [0.3, 0.4) is 0 Å². The van der Waals surface area contributed by atoms with Crippen molar-refractivity contribution in [3.05, 3.63) is 0 Å². The minimum Gasteiger partial charge on any atom is -0.327 e. The van der Waals surface area contributed by atoms with Crippen LogP contribution in [0.15, 0.2) is 0 Å². The molecule has 0 bridgehead atoms. The second kappa shape index (κ2) is 5.77. The lowest BCUT2D eigenvalue weighted by Gasteiger charge is -2.21. The van der Waals surface area contributed by atoms with E-state index in [0.717, 1.165) is 32.0 Å². The average molecular weight is 288 g/mol. The van der Waals surface area contributed by atoms with E-state index in [0.29, 0.717) is 31.3 Å². The number of carbonyl (C=O) groups excluding carboxylic acids is 2. The van der Waals surface area contributed by atoms with Gasteiger partial charge < -0.3 is 10.6 Å². The van der Waals surface area contributed by atoms with Crippen molar-refractivity contribution in [3.63, 3.8) is 0 Å². The van der Waals surface area contributed by atoms with Gasteiger partial charge in [-0.2, -0.15) is 0 Å². The molecule has 2 amide bonds. The van der Waals surface area contributed by atoms with Crippen molar-refractivity contribution in [2.75, 3.05) is 26.2 Å². The Labute approximate surface area is 119 Å². The fourth-order valence-electron chi connectivity index (χ4n) is 3.70. The molecule has 19 heavy (non-hydrogen) atoms. The van der Waals surface area contributed by atoms with Crippen LogP contribution in [0.25, 0.3) is 0 Å². The zero-order valence-corrected chi connectivity index (χ0v) is 11.9. The summed E-state index contributed by atoms with van der Waals surface area (Å²) in [4.78, 5) is 26.8. The standard InChI is InChI=1S/C13H21N3O2.ClH/c14-11-2-1-9-7-15(8-10(9)11)5-6-16-12(17)3-4-13(16)18;/h9-11H,1-8,14H2;1H. The SMILES string of the molecule is Cl.NC1CCC2CN(CCN3C(=O)CCC3=O)CC12. The summed E-state index contributed by atoms with van der Waals surface area (Å²) >= 11 is 0. The number of nitrogens with two attached hydrogens (primary N) is 1. The highest BCUT2D eigenvalue weighted by atomic mass is 35.5. The normalized spacial score (nSPS) is 34.8. The Hall–Kier alpha value is -0.650. The molecule has 0 aromatic rings. The van der Waals surface area contributed by atoms with Gasteiger partial charge in [-0.25, -0.2) is 0 Å². The molecule has 0 radical (unpaired) electrons. The Kier molecular flexibility index (Phi) is 4.48. The topological polar surface area (TPSA) is 66.6 Å². The maximum absolute atomic E-state index is 11.5. The van der Waals surface area contributed by atoms with Crippen molar-refractivity contribution in [1.29, 1.82) is 0 Å². The van der Waals surface area contributed by atoms with Gasteiger partial charge in [0.2, 0.25) is 11.8 Å². The van der Waals surface area contributed by atoms with Gasteiger partial charge in [-0.05, 0) is 24.7 Å². The highest BCUT2D eigenvalue weighted by Gasteiger charge is 2.41. The molecule has 1 aliphatic carbocycles.